The van der Waals surface area contributed by atoms with Crippen molar-refractivity contribution in [3.8, 4) is 5.82 Å². The second-order valence-electron chi connectivity index (χ2n) is 3.40. The van der Waals surface area contributed by atoms with E-state index in [1.807, 2.05) is 6.92 Å². The van der Waals surface area contributed by atoms with Crippen molar-refractivity contribution in [3.63, 3.8) is 0 Å². The summed E-state index contributed by atoms with van der Waals surface area (Å²) in [7, 11) is 0. The molecule has 0 saturated heterocycles. The maximum atomic E-state index is 11.0. The highest BCUT2D eigenvalue weighted by molar-refractivity contribution is 6.31. The van der Waals surface area contributed by atoms with Gasteiger partial charge in [-0.25, -0.2) is 14.6 Å². The van der Waals surface area contributed by atoms with Gasteiger partial charge in [-0.05, 0) is 12.5 Å². The lowest BCUT2D eigenvalue weighted by atomic mass is 10.4. The van der Waals surface area contributed by atoms with Crippen molar-refractivity contribution < 1.29 is 4.79 Å². The molecule has 1 amide bonds. The molecule has 0 fully saturated rings. The standard InChI is InChI=1S/C9H9ClN6O/c1-4-2-13-16(3-4)9-6(10)14-5(8(12)17)7(11)15-9/h2-3H,1H3,(H2,11,15)(H2,12,17). The molecule has 0 radical (unpaired) electrons. The van der Waals surface area contributed by atoms with Crippen LogP contribution >= 0.6 is 11.6 Å². The molecule has 0 unspecified atom stereocenters. The normalized spacial score (nSPS) is 10.5. The Kier molecular flexibility index (Phi) is 2.68. The molecule has 0 bridgehead atoms. The van der Waals surface area contributed by atoms with Crippen LogP contribution in [0.2, 0.25) is 5.15 Å². The van der Waals surface area contributed by atoms with Crippen LogP contribution in [0.4, 0.5) is 5.82 Å². The lowest BCUT2D eigenvalue weighted by Crippen LogP contribution is -2.18. The van der Waals surface area contributed by atoms with Gasteiger partial charge in [0.05, 0.1) is 6.20 Å². The molecule has 2 aromatic rings. The molecule has 2 rings (SSSR count). The molecule has 8 heteroatoms. The number of hydrogen-bond donors (Lipinski definition) is 2. The van der Waals surface area contributed by atoms with Gasteiger partial charge in [-0.1, -0.05) is 11.6 Å². The monoisotopic (exact) mass is 252 g/mol. The molecule has 2 heterocycles. The van der Waals surface area contributed by atoms with Gasteiger partial charge in [0.1, 0.15) is 0 Å². The zero-order valence-corrected chi connectivity index (χ0v) is 9.64. The van der Waals surface area contributed by atoms with Crippen molar-refractivity contribution in [2.75, 3.05) is 5.73 Å². The van der Waals surface area contributed by atoms with Gasteiger partial charge in [0, 0.05) is 6.20 Å². The summed E-state index contributed by atoms with van der Waals surface area (Å²) in [6, 6.07) is 0. The molecule has 0 aliphatic rings. The number of carbonyl (C=O) groups is 1. The first-order valence-electron chi connectivity index (χ1n) is 4.63. The molecule has 2 aromatic heterocycles. The van der Waals surface area contributed by atoms with Crippen molar-refractivity contribution in [2.45, 2.75) is 6.92 Å². The van der Waals surface area contributed by atoms with E-state index < -0.39 is 5.91 Å². The Balaban J connectivity index is 2.57. The van der Waals surface area contributed by atoms with Crippen molar-refractivity contribution in [2.24, 2.45) is 5.73 Å². The van der Waals surface area contributed by atoms with Crippen molar-refractivity contribution in [3.05, 3.63) is 28.8 Å². The van der Waals surface area contributed by atoms with Gasteiger partial charge >= 0.3 is 0 Å². The van der Waals surface area contributed by atoms with Gasteiger partial charge in [0.15, 0.2) is 22.5 Å². The van der Waals surface area contributed by atoms with Gasteiger partial charge < -0.3 is 11.5 Å². The Bertz CT molecular complexity index is 593. The Labute approximate surface area is 101 Å². The van der Waals surface area contributed by atoms with E-state index in [1.165, 1.54) is 4.68 Å². The minimum Gasteiger partial charge on any atom is -0.382 e. The topological polar surface area (TPSA) is 113 Å². The average molecular weight is 253 g/mol. The van der Waals surface area contributed by atoms with Crippen LogP contribution in [-0.4, -0.2) is 25.7 Å². The number of primary amides is 1. The largest absolute Gasteiger partial charge is 0.382 e. The number of aryl methyl sites for hydroxylation is 1. The second-order valence-corrected chi connectivity index (χ2v) is 3.76. The fourth-order valence-corrected chi connectivity index (χ4v) is 1.49. The fourth-order valence-electron chi connectivity index (χ4n) is 1.27. The van der Waals surface area contributed by atoms with Crippen LogP contribution in [-0.2, 0) is 0 Å². The first-order chi connectivity index (χ1) is 7.99. The highest BCUT2D eigenvalue weighted by atomic mass is 35.5. The zero-order valence-electron chi connectivity index (χ0n) is 8.88. The number of carbonyl (C=O) groups excluding carboxylic acids is 1. The lowest BCUT2D eigenvalue weighted by Gasteiger charge is -2.06. The lowest BCUT2D eigenvalue weighted by molar-refractivity contribution is 0.0996. The molecular formula is C9H9ClN6O. The molecule has 17 heavy (non-hydrogen) atoms. The van der Waals surface area contributed by atoms with Gasteiger partial charge in [-0.2, -0.15) is 5.10 Å². The molecule has 0 aromatic carbocycles. The quantitative estimate of drug-likeness (QED) is 0.798. The number of nitrogen functional groups attached to an aromatic ring is 1. The molecule has 7 nitrogen and oxygen atoms in total. The second kappa shape index (κ2) is 4.02. The molecule has 88 valence electrons. The first kappa shape index (κ1) is 11.3. The summed E-state index contributed by atoms with van der Waals surface area (Å²) in [5.41, 5.74) is 11.4. The van der Waals surface area contributed by atoms with E-state index in [-0.39, 0.29) is 22.5 Å². The fraction of sp³-hybridized carbons (Fsp3) is 0.111. The Morgan fingerprint density at radius 2 is 2.18 bits per heavy atom. The molecule has 0 atom stereocenters. The van der Waals surface area contributed by atoms with E-state index in [1.54, 1.807) is 12.4 Å². The number of nitrogens with zero attached hydrogens (tertiary/aromatic N) is 4. The molecule has 4 N–H and O–H groups in total. The SMILES string of the molecule is Cc1cnn(-c2nc(N)c(C(N)=O)nc2Cl)c1. The van der Waals surface area contributed by atoms with E-state index in [9.17, 15) is 4.79 Å². The third kappa shape index (κ3) is 2.04. The Morgan fingerprint density at radius 3 is 2.71 bits per heavy atom. The van der Waals surface area contributed by atoms with Crippen molar-refractivity contribution >= 4 is 23.3 Å². The van der Waals surface area contributed by atoms with Crippen molar-refractivity contribution in [1.29, 1.82) is 0 Å². The summed E-state index contributed by atoms with van der Waals surface area (Å²) >= 11 is 5.89. The number of amides is 1. The number of anilines is 1. The van der Waals surface area contributed by atoms with Crippen LogP contribution < -0.4 is 11.5 Å². The molecule has 0 aliphatic heterocycles. The predicted octanol–water partition coefficient (Wildman–Crippen LogP) is 0.305. The van der Waals surface area contributed by atoms with E-state index >= 15 is 0 Å². The minimum atomic E-state index is -0.778. The number of halogens is 1. The van der Waals surface area contributed by atoms with E-state index in [4.69, 9.17) is 23.1 Å². The van der Waals surface area contributed by atoms with Crippen LogP contribution in [0.25, 0.3) is 5.82 Å². The Hall–Kier alpha value is -2.15. The van der Waals surface area contributed by atoms with Gasteiger partial charge in [-0.15, -0.1) is 0 Å². The molecular weight excluding hydrogens is 244 g/mol. The number of nitrogens with two attached hydrogens (primary N) is 2. The number of rotatable bonds is 2. The zero-order chi connectivity index (χ0) is 12.6. The highest BCUT2D eigenvalue weighted by Gasteiger charge is 2.15. The third-order valence-corrected chi connectivity index (χ3v) is 2.28. The maximum absolute atomic E-state index is 11.0. The summed E-state index contributed by atoms with van der Waals surface area (Å²) in [6.45, 7) is 1.87. The highest BCUT2D eigenvalue weighted by Crippen LogP contribution is 2.19. The first-order valence-corrected chi connectivity index (χ1v) is 5.01. The molecule has 0 aliphatic carbocycles. The number of aromatic nitrogens is 4. The minimum absolute atomic E-state index is 0.0103. The summed E-state index contributed by atoms with van der Waals surface area (Å²) in [5.74, 6) is -0.604. The third-order valence-electron chi connectivity index (χ3n) is 2.03. The van der Waals surface area contributed by atoms with E-state index in [2.05, 4.69) is 15.1 Å². The van der Waals surface area contributed by atoms with Gasteiger partial charge in [0.25, 0.3) is 5.91 Å². The van der Waals surface area contributed by atoms with Crippen LogP contribution in [0, 0.1) is 6.92 Å². The average Bonchev–Trinajstić information content (AvgIpc) is 2.67. The summed E-state index contributed by atoms with van der Waals surface area (Å²) < 4.78 is 1.42. The smallest absolute Gasteiger partial charge is 0.271 e. The van der Waals surface area contributed by atoms with E-state index in [0.717, 1.165) is 5.56 Å². The van der Waals surface area contributed by atoms with Gasteiger partial charge in [0.2, 0.25) is 0 Å². The molecule has 0 spiro atoms. The Morgan fingerprint density at radius 1 is 1.47 bits per heavy atom. The van der Waals surface area contributed by atoms with Crippen LogP contribution in [0.5, 0.6) is 0 Å². The molecule has 0 saturated carbocycles. The predicted molar refractivity (Wildman–Crippen MR) is 61.8 cm³/mol. The van der Waals surface area contributed by atoms with E-state index in [0.29, 0.717) is 0 Å². The number of hydrogen-bond acceptors (Lipinski definition) is 5. The van der Waals surface area contributed by atoms with Crippen LogP contribution in [0.3, 0.4) is 0 Å². The summed E-state index contributed by atoms with van der Waals surface area (Å²) in [4.78, 5) is 18.7. The maximum Gasteiger partial charge on any atom is 0.271 e. The summed E-state index contributed by atoms with van der Waals surface area (Å²) in [5, 5.41) is 4.03. The summed E-state index contributed by atoms with van der Waals surface area (Å²) in [6.07, 6.45) is 3.34. The van der Waals surface area contributed by atoms with Crippen LogP contribution in [0.1, 0.15) is 16.1 Å². The van der Waals surface area contributed by atoms with Crippen molar-refractivity contribution in [1.82, 2.24) is 19.7 Å². The van der Waals surface area contributed by atoms with Gasteiger partial charge in [-0.3, -0.25) is 4.79 Å². The van der Waals surface area contributed by atoms with Crippen LogP contribution in [0.15, 0.2) is 12.4 Å².